The summed E-state index contributed by atoms with van der Waals surface area (Å²) >= 11 is 1.62. The predicted molar refractivity (Wildman–Crippen MR) is 128 cm³/mol. The van der Waals surface area contributed by atoms with Crippen LogP contribution < -0.4 is 10.1 Å². The van der Waals surface area contributed by atoms with E-state index in [4.69, 9.17) is 9.47 Å². The molecule has 0 bridgehead atoms. The van der Waals surface area contributed by atoms with Crippen molar-refractivity contribution in [3.63, 3.8) is 0 Å². The van der Waals surface area contributed by atoms with Gasteiger partial charge in [0, 0.05) is 36.8 Å². The van der Waals surface area contributed by atoms with Crippen molar-refractivity contribution < 1.29 is 14.3 Å². The zero-order valence-electron chi connectivity index (χ0n) is 18.1. The number of rotatable bonds is 8. The number of aryl methyl sites for hydroxylation is 1. The van der Waals surface area contributed by atoms with E-state index in [1.165, 1.54) is 11.6 Å². The average Bonchev–Trinajstić information content (AvgIpc) is 3.24. The van der Waals surface area contributed by atoms with Gasteiger partial charge in [0.1, 0.15) is 12.4 Å². The number of hydrogen-bond donors (Lipinski definition) is 1. The fourth-order valence-corrected chi connectivity index (χ4v) is 3.97. The first-order valence-corrected chi connectivity index (χ1v) is 11.5. The number of ether oxygens (including phenoxy) is 2. The fraction of sp³-hybridized carbons (Fsp3) is 0.280. The molecule has 2 heterocycles. The van der Waals surface area contributed by atoms with E-state index in [-0.39, 0.29) is 5.91 Å². The summed E-state index contributed by atoms with van der Waals surface area (Å²) in [6.45, 7) is 6.84. The van der Waals surface area contributed by atoms with Gasteiger partial charge in [-0.1, -0.05) is 24.3 Å². The van der Waals surface area contributed by atoms with Crippen LogP contribution in [0.15, 0.2) is 60.0 Å². The van der Waals surface area contributed by atoms with E-state index in [1.807, 2.05) is 48.7 Å². The van der Waals surface area contributed by atoms with Crippen LogP contribution in [0, 0.1) is 6.92 Å². The van der Waals surface area contributed by atoms with Crippen molar-refractivity contribution in [2.75, 3.05) is 31.6 Å². The number of nitrogens with zero attached hydrogens (tertiary/aromatic N) is 2. The Morgan fingerprint density at radius 3 is 2.59 bits per heavy atom. The van der Waals surface area contributed by atoms with Crippen molar-refractivity contribution in [2.24, 2.45) is 0 Å². The van der Waals surface area contributed by atoms with E-state index in [1.54, 1.807) is 17.4 Å². The van der Waals surface area contributed by atoms with Crippen molar-refractivity contribution in [1.82, 2.24) is 9.88 Å². The smallest absolute Gasteiger partial charge is 0.248 e. The molecule has 0 radical (unpaired) electrons. The SMILES string of the molecule is Cc1nc(COc2ccc(/C=C/C(=O)Nc3ccc(CN4CCOCC4)cc3)cc2)cs1. The molecular formula is C25H27N3O3S. The maximum absolute atomic E-state index is 12.3. The summed E-state index contributed by atoms with van der Waals surface area (Å²) in [6, 6.07) is 15.6. The van der Waals surface area contributed by atoms with Gasteiger partial charge in [-0.2, -0.15) is 0 Å². The van der Waals surface area contributed by atoms with E-state index < -0.39 is 0 Å². The number of aromatic nitrogens is 1. The lowest BCUT2D eigenvalue weighted by atomic mass is 10.2. The second kappa shape index (κ2) is 11.0. The van der Waals surface area contributed by atoms with Crippen molar-refractivity contribution in [3.8, 4) is 5.75 Å². The molecule has 1 aromatic heterocycles. The molecule has 0 atom stereocenters. The fourth-order valence-electron chi connectivity index (χ4n) is 3.37. The lowest BCUT2D eigenvalue weighted by Gasteiger charge is -2.26. The van der Waals surface area contributed by atoms with Crippen LogP contribution in [-0.4, -0.2) is 42.1 Å². The number of amides is 1. The molecule has 1 aliphatic heterocycles. The molecule has 2 aromatic carbocycles. The lowest BCUT2D eigenvalue weighted by Crippen LogP contribution is -2.35. The van der Waals surface area contributed by atoms with E-state index >= 15 is 0 Å². The van der Waals surface area contributed by atoms with Crippen LogP contribution in [0.2, 0.25) is 0 Å². The van der Waals surface area contributed by atoms with Crippen LogP contribution in [0.3, 0.4) is 0 Å². The van der Waals surface area contributed by atoms with E-state index in [0.717, 1.165) is 60.5 Å². The highest BCUT2D eigenvalue weighted by molar-refractivity contribution is 7.09. The van der Waals surface area contributed by atoms with Crippen LogP contribution >= 0.6 is 11.3 Å². The average molecular weight is 450 g/mol. The van der Waals surface area contributed by atoms with Crippen molar-refractivity contribution in [3.05, 3.63) is 81.8 Å². The second-order valence-electron chi connectivity index (χ2n) is 7.62. The van der Waals surface area contributed by atoms with Crippen LogP contribution in [0.5, 0.6) is 5.75 Å². The molecule has 0 spiro atoms. The molecule has 166 valence electrons. The number of benzene rings is 2. The van der Waals surface area contributed by atoms with Gasteiger partial charge in [0.15, 0.2) is 0 Å². The van der Waals surface area contributed by atoms with Crippen molar-refractivity contribution in [1.29, 1.82) is 0 Å². The lowest BCUT2D eigenvalue weighted by molar-refractivity contribution is -0.111. The summed E-state index contributed by atoms with van der Waals surface area (Å²) in [5.41, 5.74) is 3.87. The standard InChI is InChI=1S/C25H27N3O3S/c1-19-26-23(18-32-19)17-31-24-9-4-20(5-10-24)6-11-25(29)27-22-7-2-21(3-8-22)16-28-12-14-30-15-13-28/h2-11,18H,12-17H2,1H3,(H,27,29)/b11-6+. The van der Waals surface area contributed by atoms with Gasteiger partial charge in [-0.3, -0.25) is 9.69 Å². The summed E-state index contributed by atoms with van der Waals surface area (Å²) in [4.78, 5) is 19.0. The number of morpholine rings is 1. The predicted octanol–water partition coefficient (Wildman–Crippen LogP) is 4.51. The quantitative estimate of drug-likeness (QED) is 0.513. The minimum Gasteiger partial charge on any atom is -0.487 e. The first-order valence-electron chi connectivity index (χ1n) is 10.7. The molecule has 7 heteroatoms. The zero-order valence-corrected chi connectivity index (χ0v) is 18.9. The first-order chi connectivity index (χ1) is 15.6. The summed E-state index contributed by atoms with van der Waals surface area (Å²) in [6.07, 6.45) is 3.32. The molecule has 0 saturated carbocycles. The molecule has 1 saturated heterocycles. The Morgan fingerprint density at radius 2 is 1.91 bits per heavy atom. The summed E-state index contributed by atoms with van der Waals surface area (Å²) in [5.74, 6) is 0.611. The third kappa shape index (κ3) is 6.75. The Kier molecular flexibility index (Phi) is 7.66. The zero-order chi connectivity index (χ0) is 22.2. The molecular weight excluding hydrogens is 422 g/mol. The Labute approximate surface area is 192 Å². The van der Waals surface area contributed by atoms with Gasteiger partial charge >= 0.3 is 0 Å². The maximum Gasteiger partial charge on any atom is 0.248 e. The Hall–Kier alpha value is -3.00. The molecule has 0 aliphatic carbocycles. The number of carbonyl (C=O) groups is 1. The van der Waals surface area contributed by atoms with E-state index in [0.29, 0.717) is 6.61 Å². The highest BCUT2D eigenvalue weighted by atomic mass is 32.1. The Balaban J connectivity index is 1.23. The molecule has 1 amide bonds. The van der Waals surface area contributed by atoms with Crippen LogP contribution in [0.1, 0.15) is 21.8 Å². The Bertz CT molecular complexity index is 1040. The van der Waals surface area contributed by atoms with Crippen LogP contribution in [0.4, 0.5) is 5.69 Å². The van der Waals surface area contributed by atoms with Gasteiger partial charge < -0.3 is 14.8 Å². The third-order valence-electron chi connectivity index (χ3n) is 5.09. The van der Waals surface area contributed by atoms with Gasteiger partial charge in [0.2, 0.25) is 5.91 Å². The molecule has 1 N–H and O–H groups in total. The van der Waals surface area contributed by atoms with Gasteiger partial charge in [-0.05, 0) is 48.4 Å². The largest absolute Gasteiger partial charge is 0.487 e. The second-order valence-corrected chi connectivity index (χ2v) is 8.69. The molecule has 4 rings (SSSR count). The summed E-state index contributed by atoms with van der Waals surface area (Å²) < 4.78 is 11.1. The molecule has 3 aromatic rings. The monoisotopic (exact) mass is 449 g/mol. The third-order valence-corrected chi connectivity index (χ3v) is 5.91. The highest BCUT2D eigenvalue weighted by Gasteiger charge is 2.10. The molecule has 1 fully saturated rings. The topological polar surface area (TPSA) is 63.7 Å². The molecule has 6 nitrogen and oxygen atoms in total. The number of nitrogens with one attached hydrogen (secondary N) is 1. The minimum absolute atomic E-state index is 0.162. The van der Waals surface area contributed by atoms with Crippen molar-refractivity contribution >= 4 is 29.0 Å². The first kappa shape index (κ1) is 22.2. The maximum atomic E-state index is 12.3. The molecule has 32 heavy (non-hydrogen) atoms. The van der Waals surface area contributed by atoms with E-state index in [9.17, 15) is 4.79 Å². The van der Waals surface area contributed by atoms with Gasteiger partial charge in [-0.25, -0.2) is 4.98 Å². The molecule has 1 aliphatic rings. The van der Waals surface area contributed by atoms with Gasteiger partial charge in [0.05, 0.1) is 23.9 Å². The van der Waals surface area contributed by atoms with Gasteiger partial charge in [0.25, 0.3) is 0 Å². The number of carbonyl (C=O) groups excluding carboxylic acids is 1. The summed E-state index contributed by atoms with van der Waals surface area (Å²) in [7, 11) is 0. The molecule has 0 unspecified atom stereocenters. The van der Waals surface area contributed by atoms with E-state index in [2.05, 4.69) is 27.3 Å². The van der Waals surface area contributed by atoms with Crippen LogP contribution in [0.25, 0.3) is 6.08 Å². The Morgan fingerprint density at radius 1 is 1.16 bits per heavy atom. The number of thiazole rings is 1. The van der Waals surface area contributed by atoms with Crippen LogP contribution in [-0.2, 0) is 22.7 Å². The normalized spacial score (nSPS) is 14.5. The number of anilines is 1. The summed E-state index contributed by atoms with van der Waals surface area (Å²) in [5, 5.41) is 5.94. The number of hydrogen-bond acceptors (Lipinski definition) is 6. The van der Waals surface area contributed by atoms with Crippen molar-refractivity contribution in [2.45, 2.75) is 20.1 Å². The highest BCUT2D eigenvalue weighted by Crippen LogP contribution is 2.17. The van der Waals surface area contributed by atoms with Gasteiger partial charge in [-0.15, -0.1) is 11.3 Å². The minimum atomic E-state index is -0.162.